The van der Waals surface area contributed by atoms with Crippen LogP contribution in [-0.4, -0.2) is 10.8 Å². The molecule has 16 heavy (non-hydrogen) atoms. The summed E-state index contributed by atoms with van der Waals surface area (Å²) in [6, 6.07) is 6.29. The SMILES string of the molecule is O=C1c2cc(Cl)ccc2-c2cc(F)cnc21. The van der Waals surface area contributed by atoms with E-state index in [1.807, 2.05) is 0 Å². The molecule has 78 valence electrons. The molecule has 0 aliphatic heterocycles. The Labute approximate surface area is 95.7 Å². The second kappa shape index (κ2) is 3.12. The summed E-state index contributed by atoms with van der Waals surface area (Å²) in [5.74, 6) is -0.651. The zero-order valence-electron chi connectivity index (χ0n) is 8.00. The van der Waals surface area contributed by atoms with Crippen molar-refractivity contribution in [1.29, 1.82) is 0 Å². The molecule has 0 N–H and O–H groups in total. The third kappa shape index (κ3) is 1.18. The molecule has 1 aromatic carbocycles. The number of ketones is 1. The first-order chi connectivity index (χ1) is 7.66. The van der Waals surface area contributed by atoms with Crippen molar-refractivity contribution in [2.24, 2.45) is 0 Å². The topological polar surface area (TPSA) is 30.0 Å². The van der Waals surface area contributed by atoms with E-state index < -0.39 is 5.82 Å². The predicted molar refractivity (Wildman–Crippen MR) is 58.1 cm³/mol. The Morgan fingerprint density at radius 2 is 1.94 bits per heavy atom. The molecule has 2 nitrogen and oxygen atoms in total. The Hall–Kier alpha value is -1.74. The molecule has 1 aromatic heterocycles. The van der Waals surface area contributed by atoms with E-state index in [1.54, 1.807) is 18.2 Å². The number of rotatable bonds is 0. The van der Waals surface area contributed by atoms with Crippen LogP contribution < -0.4 is 0 Å². The van der Waals surface area contributed by atoms with Crippen molar-refractivity contribution < 1.29 is 9.18 Å². The van der Waals surface area contributed by atoms with E-state index >= 15 is 0 Å². The minimum Gasteiger partial charge on any atom is -0.287 e. The highest BCUT2D eigenvalue weighted by Crippen LogP contribution is 2.36. The van der Waals surface area contributed by atoms with Crippen LogP contribution >= 0.6 is 11.6 Å². The Morgan fingerprint density at radius 3 is 2.75 bits per heavy atom. The number of hydrogen-bond donors (Lipinski definition) is 0. The molecule has 1 heterocycles. The third-order valence-corrected chi connectivity index (χ3v) is 2.82. The highest BCUT2D eigenvalue weighted by molar-refractivity contribution is 6.32. The second-order valence-electron chi connectivity index (χ2n) is 3.57. The molecule has 1 aliphatic rings. The van der Waals surface area contributed by atoms with Crippen molar-refractivity contribution in [3.63, 3.8) is 0 Å². The zero-order chi connectivity index (χ0) is 11.3. The van der Waals surface area contributed by atoms with Gasteiger partial charge >= 0.3 is 0 Å². The quantitative estimate of drug-likeness (QED) is 0.597. The maximum atomic E-state index is 13.1. The highest BCUT2D eigenvalue weighted by Gasteiger charge is 2.28. The molecule has 0 unspecified atom stereocenters. The number of fused-ring (bicyclic) bond motifs is 3. The smallest absolute Gasteiger partial charge is 0.212 e. The van der Waals surface area contributed by atoms with Crippen LogP contribution in [0.4, 0.5) is 4.39 Å². The summed E-state index contributed by atoms with van der Waals surface area (Å²) in [5.41, 5.74) is 2.01. The van der Waals surface area contributed by atoms with Gasteiger partial charge in [-0.05, 0) is 23.8 Å². The van der Waals surface area contributed by atoms with Crippen molar-refractivity contribution in [3.8, 4) is 11.1 Å². The summed E-state index contributed by atoms with van der Waals surface area (Å²) in [6.45, 7) is 0. The normalized spacial score (nSPS) is 12.5. The molecule has 0 radical (unpaired) electrons. The largest absolute Gasteiger partial charge is 0.287 e. The maximum Gasteiger partial charge on any atom is 0.212 e. The number of aromatic nitrogens is 1. The summed E-state index contributed by atoms with van der Waals surface area (Å²) in [7, 11) is 0. The van der Waals surface area contributed by atoms with Crippen LogP contribution in [-0.2, 0) is 0 Å². The molecule has 0 atom stereocenters. The van der Waals surface area contributed by atoms with Gasteiger partial charge in [0, 0.05) is 16.1 Å². The van der Waals surface area contributed by atoms with Crippen LogP contribution in [0, 0.1) is 5.82 Å². The van der Waals surface area contributed by atoms with E-state index in [9.17, 15) is 9.18 Å². The van der Waals surface area contributed by atoms with Crippen LogP contribution in [0.1, 0.15) is 16.1 Å². The molecule has 0 saturated heterocycles. The molecule has 0 fully saturated rings. The van der Waals surface area contributed by atoms with Gasteiger partial charge in [0.15, 0.2) is 0 Å². The Morgan fingerprint density at radius 1 is 1.12 bits per heavy atom. The zero-order valence-corrected chi connectivity index (χ0v) is 8.75. The first-order valence-corrected chi connectivity index (χ1v) is 5.05. The van der Waals surface area contributed by atoms with Crippen molar-refractivity contribution in [2.45, 2.75) is 0 Å². The van der Waals surface area contributed by atoms with Crippen molar-refractivity contribution >= 4 is 17.4 Å². The average Bonchev–Trinajstić information content (AvgIpc) is 2.52. The average molecular weight is 234 g/mol. The monoisotopic (exact) mass is 233 g/mol. The van der Waals surface area contributed by atoms with Crippen LogP contribution in [0.3, 0.4) is 0 Å². The lowest BCUT2D eigenvalue weighted by atomic mass is 10.1. The van der Waals surface area contributed by atoms with E-state index in [2.05, 4.69) is 4.98 Å². The van der Waals surface area contributed by atoms with Gasteiger partial charge in [-0.3, -0.25) is 4.79 Å². The van der Waals surface area contributed by atoms with Crippen LogP contribution in [0.2, 0.25) is 5.02 Å². The minimum absolute atomic E-state index is 0.201. The summed E-state index contributed by atoms with van der Waals surface area (Å²) in [6.07, 6.45) is 1.05. The fraction of sp³-hybridized carbons (Fsp3) is 0. The molecule has 4 heteroatoms. The van der Waals surface area contributed by atoms with Crippen LogP contribution in [0.5, 0.6) is 0 Å². The molecule has 1 aliphatic carbocycles. The third-order valence-electron chi connectivity index (χ3n) is 2.59. The van der Waals surface area contributed by atoms with Gasteiger partial charge < -0.3 is 0 Å². The molecule has 0 bridgehead atoms. The molecular formula is C12H5ClFNO. The molecule has 0 amide bonds. The van der Waals surface area contributed by atoms with Crippen molar-refractivity contribution in [2.75, 3.05) is 0 Å². The summed E-state index contributed by atoms with van der Waals surface area (Å²) >= 11 is 5.82. The van der Waals surface area contributed by atoms with Gasteiger partial charge in [-0.25, -0.2) is 9.37 Å². The standard InChI is InChI=1S/C12H5ClFNO/c13-6-1-2-8-9-4-7(14)5-15-11(9)12(16)10(8)3-6/h1-5H. The highest BCUT2D eigenvalue weighted by atomic mass is 35.5. The molecule has 2 aromatic rings. The van der Waals surface area contributed by atoms with Gasteiger partial charge in [0.1, 0.15) is 11.5 Å². The van der Waals surface area contributed by atoms with Gasteiger partial charge in [-0.1, -0.05) is 17.7 Å². The van der Waals surface area contributed by atoms with Gasteiger partial charge in [0.2, 0.25) is 5.78 Å². The maximum absolute atomic E-state index is 13.1. The van der Waals surface area contributed by atoms with Gasteiger partial charge in [0.05, 0.1) is 6.20 Å². The fourth-order valence-electron chi connectivity index (χ4n) is 1.89. The second-order valence-corrected chi connectivity index (χ2v) is 4.01. The molecule has 0 spiro atoms. The lowest BCUT2D eigenvalue weighted by molar-refractivity contribution is 0.103. The van der Waals surface area contributed by atoms with Crippen molar-refractivity contribution in [3.05, 3.63) is 52.6 Å². The Kier molecular flexibility index (Phi) is 1.85. The van der Waals surface area contributed by atoms with Gasteiger partial charge in [-0.2, -0.15) is 0 Å². The number of carbonyl (C=O) groups excluding carboxylic acids is 1. The minimum atomic E-state index is -0.450. The number of benzene rings is 1. The van der Waals surface area contributed by atoms with E-state index in [0.29, 0.717) is 27.4 Å². The lowest BCUT2D eigenvalue weighted by Gasteiger charge is -1.98. The summed E-state index contributed by atoms with van der Waals surface area (Å²) < 4.78 is 13.1. The first kappa shape index (κ1) is 9.48. The Balaban J connectivity index is 2.36. The number of halogens is 2. The summed E-state index contributed by atoms with van der Waals surface area (Å²) in [4.78, 5) is 15.7. The van der Waals surface area contributed by atoms with E-state index in [0.717, 1.165) is 6.20 Å². The molecule has 0 saturated carbocycles. The lowest BCUT2D eigenvalue weighted by Crippen LogP contribution is -1.98. The van der Waals surface area contributed by atoms with Gasteiger partial charge in [0.25, 0.3) is 0 Å². The Bertz CT molecular complexity index is 624. The number of carbonyl (C=O) groups is 1. The van der Waals surface area contributed by atoms with E-state index in [1.165, 1.54) is 6.07 Å². The number of hydrogen-bond acceptors (Lipinski definition) is 2. The first-order valence-electron chi connectivity index (χ1n) is 4.67. The number of nitrogens with zero attached hydrogens (tertiary/aromatic N) is 1. The molecule has 3 rings (SSSR count). The van der Waals surface area contributed by atoms with Crippen molar-refractivity contribution in [1.82, 2.24) is 4.98 Å². The molecular weight excluding hydrogens is 229 g/mol. The van der Waals surface area contributed by atoms with Crippen LogP contribution in [0.25, 0.3) is 11.1 Å². The van der Waals surface area contributed by atoms with E-state index in [-0.39, 0.29) is 5.78 Å². The summed E-state index contributed by atoms with van der Waals surface area (Å²) in [5, 5.41) is 0.486. The predicted octanol–water partition coefficient (Wildman–Crippen LogP) is 3.09. The van der Waals surface area contributed by atoms with E-state index in [4.69, 9.17) is 11.6 Å². The van der Waals surface area contributed by atoms with Crippen LogP contribution in [0.15, 0.2) is 30.5 Å². The fourth-order valence-corrected chi connectivity index (χ4v) is 2.06. The van der Waals surface area contributed by atoms with Gasteiger partial charge in [-0.15, -0.1) is 0 Å². The number of pyridine rings is 1.